The third-order valence-corrected chi connectivity index (χ3v) is 3.95. The largest absolute Gasteiger partial charge is 0.496 e. The van der Waals surface area contributed by atoms with Gasteiger partial charge in [0.15, 0.2) is 0 Å². The van der Waals surface area contributed by atoms with Gasteiger partial charge in [0.1, 0.15) is 17.1 Å². The summed E-state index contributed by atoms with van der Waals surface area (Å²) in [6.07, 6.45) is 4.10. The summed E-state index contributed by atoms with van der Waals surface area (Å²) in [4.78, 5) is 12.3. The van der Waals surface area contributed by atoms with Crippen molar-refractivity contribution in [1.29, 1.82) is 0 Å². The van der Waals surface area contributed by atoms with E-state index in [1.165, 1.54) is 19.2 Å². The van der Waals surface area contributed by atoms with Gasteiger partial charge in [0, 0.05) is 6.04 Å². The summed E-state index contributed by atoms with van der Waals surface area (Å²) in [7, 11) is 1.43. The van der Waals surface area contributed by atoms with Crippen molar-refractivity contribution in [2.75, 3.05) is 13.7 Å². The lowest BCUT2D eigenvalue weighted by Crippen LogP contribution is -2.45. The summed E-state index contributed by atoms with van der Waals surface area (Å²) in [6, 6.07) is 4.39. The number of carbonyl (C=O) groups excluding carboxylic acids is 1. The first-order chi connectivity index (χ1) is 9.67. The highest BCUT2D eigenvalue weighted by Gasteiger charge is 2.27. The summed E-state index contributed by atoms with van der Waals surface area (Å²) in [5, 5.41) is 2.91. The van der Waals surface area contributed by atoms with Gasteiger partial charge in [0.2, 0.25) is 0 Å². The van der Waals surface area contributed by atoms with Crippen molar-refractivity contribution in [3.05, 3.63) is 29.6 Å². The average molecular weight is 280 g/mol. The fourth-order valence-corrected chi connectivity index (χ4v) is 2.82. The second-order valence-corrected chi connectivity index (χ2v) is 5.18. The van der Waals surface area contributed by atoms with Crippen LogP contribution >= 0.6 is 0 Å². The van der Waals surface area contributed by atoms with Crippen LogP contribution in [0.15, 0.2) is 18.2 Å². The Balaban J connectivity index is 2.15. The number of hydrogen-bond donors (Lipinski definition) is 2. The molecule has 0 bridgehead atoms. The first-order valence-corrected chi connectivity index (χ1v) is 7.00. The first-order valence-electron chi connectivity index (χ1n) is 7.00. The molecule has 0 aliphatic heterocycles. The van der Waals surface area contributed by atoms with Gasteiger partial charge in [-0.3, -0.25) is 4.79 Å². The number of rotatable bonds is 4. The molecule has 0 aromatic heterocycles. The Morgan fingerprint density at radius 3 is 2.90 bits per heavy atom. The number of halogens is 1. The Hall–Kier alpha value is -1.62. The second kappa shape index (κ2) is 6.70. The van der Waals surface area contributed by atoms with E-state index in [4.69, 9.17) is 10.5 Å². The normalized spacial score (nSPS) is 22.4. The van der Waals surface area contributed by atoms with E-state index in [1.807, 2.05) is 0 Å². The second-order valence-electron chi connectivity index (χ2n) is 5.18. The zero-order valence-electron chi connectivity index (χ0n) is 11.7. The maximum absolute atomic E-state index is 13.9. The molecular weight excluding hydrogens is 259 g/mol. The third-order valence-electron chi connectivity index (χ3n) is 3.95. The molecular formula is C15H21FN2O2. The minimum Gasteiger partial charge on any atom is -0.496 e. The number of nitrogens with two attached hydrogens (primary N) is 1. The monoisotopic (exact) mass is 280 g/mol. The average Bonchev–Trinajstić information content (AvgIpc) is 2.47. The van der Waals surface area contributed by atoms with Crippen molar-refractivity contribution >= 4 is 5.91 Å². The van der Waals surface area contributed by atoms with Gasteiger partial charge >= 0.3 is 0 Å². The molecule has 1 amide bonds. The van der Waals surface area contributed by atoms with Crippen molar-refractivity contribution in [3.63, 3.8) is 0 Å². The van der Waals surface area contributed by atoms with Gasteiger partial charge in [0.25, 0.3) is 5.91 Å². The van der Waals surface area contributed by atoms with Crippen LogP contribution in [0.5, 0.6) is 5.75 Å². The van der Waals surface area contributed by atoms with Crippen molar-refractivity contribution in [2.45, 2.75) is 31.7 Å². The molecule has 3 N–H and O–H groups in total. The molecule has 1 fully saturated rings. The lowest BCUT2D eigenvalue weighted by atomic mass is 9.84. The molecule has 5 heteroatoms. The summed E-state index contributed by atoms with van der Waals surface area (Å²) in [5.41, 5.74) is 5.71. The Labute approximate surface area is 118 Å². The summed E-state index contributed by atoms with van der Waals surface area (Å²) in [6.45, 7) is 0.541. The van der Waals surface area contributed by atoms with Crippen LogP contribution in [0.3, 0.4) is 0 Å². The molecule has 4 nitrogen and oxygen atoms in total. The highest BCUT2D eigenvalue weighted by atomic mass is 19.1. The van der Waals surface area contributed by atoms with Crippen LogP contribution in [0, 0.1) is 11.7 Å². The molecule has 0 saturated heterocycles. The SMILES string of the molecule is COc1cccc(F)c1C(=O)NC1CCCCC1CN. The van der Waals surface area contributed by atoms with Crippen molar-refractivity contribution in [3.8, 4) is 5.75 Å². The van der Waals surface area contributed by atoms with E-state index in [0.717, 1.165) is 25.7 Å². The standard InChI is InChI=1S/C15H21FN2O2/c1-20-13-8-4-6-11(16)14(13)15(19)18-12-7-3-2-5-10(12)9-17/h4,6,8,10,12H,2-3,5,7,9,17H2,1H3,(H,18,19). The molecule has 1 saturated carbocycles. The number of benzene rings is 1. The van der Waals surface area contributed by atoms with Crippen molar-refractivity contribution in [2.24, 2.45) is 11.7 Å². The van der Waals surface area contributed by atoms with E-state index in [9.17, 15) is 9.18 Å². The lowest BCUT2D eigenvalue weighted by Gasteiger charge is -2.31. The highest BCUT2D eigenvalue weighted by molar-refractivity contribution is 5.97. The van der Waals surface area contributed by atoms with Crippen molar-refractivity contribution in [1.82, 2.24) is 5.32 Å². The Kier molecular flexibility index (Phi) is 4.95. The number of nitrogens with one attached hydrogen (secondary N) is 1. The first kappa shape index (κ1) is 14.8. The van der Waals surface area contributed by atoms with E-state index in [-0.39, 0.29) is 23.3 Å². The maximum atomic E-state index is 13.9. The summed E-state index contributed by atoms with van der Waals surface area (Å²) < 4.78 is 18.9. The molecule has 0 heterocycles. The van der Waals surface area contributed by atoms with Crippen LogP contribution in [0.25, 0.3) is 0 Å². The molecule has 1 aromatic carbocycles. The van der Waals surface area contributed by atoms with Gasteiger partial charge in [-0.05, 0) is 37.4 Å². The minimum atomic E-state index is -0.568. The highest BCUT2D eigenvalue weighted by Crippen LogP contribution is 2.26. The molecule has 2 atom stereocenters. The van der Waals surface area contributed by atoms with Crippen LogP contribution in [-0.2, 0) is 0 Å². The molecule has 1 aliphatic carbocycles. The van der Waals surface area contributed by atoms with Gasteiger partial charge in [0.05, 0.1) is 7.11 Å². The van der Waals surface area contributed by atoms with E-state index >= 15 is 0 Å². The quantitative estimate of drug-likeness (QED) is 0.887. The molecule has 0 radical (unpaired) electrons. The van der Waals surface area contributed by atoms with Crippen LogP contribution in [0.4, 0.5) is 4.39 Å². The van der Waals surface area contributed by atoms with Crippen LogP contribution in [-0.4, -0.2) is 25.6 Å². The van der Waals surface area contributed by atoms with Gasteiger partial charge in [-0.2, -0.15) is 0 Å². The Morgan fingerprint density at radius 1 is 1.45 bits per heavy atom. The van der Waals surface area contributed by atoms with Crippen LogP contribution in [0.2, 0.25) is 0 Å². The molecule has 110 valence electrons. The fourth-order valence-electron chi connectivity index (χ4n) is 2.82. The van der Waals surface area contributed by atoms with Gasteiger partial charge in [-0.15, -0.1) is 0 Å². The molecule has 1 aromatic rings. The number of hydrogen-bond acceptors (Lipinski definition) is 3. The Morgan fingerprint density at radius 2 is 2.20 bits per heavy atom. The van der Waals surface area contributed by atoms with E-state index in [0.29, 0.717) is 6.54 Å². The molecule has 0 spiro atoms. The van der Waals surface area contributed by atoms with E-state index < -0.39 is 11.7 Å². The topological polar surface area (TPSA) is 64.3 Å². The number of ether oxygens (including phenoxy) is 1. The predicted molar refractivity (Wildman–Crippen MR) is 75.2 cm³/mol. The van der Waals surface area contributed by atoms with E-state index in [1.54, 1.807) is 6.07 Å². The van der Waals surface area contributed by atoms with Crippen LogP contribution < -0.4 is 15.8 Å². The minimum absolute atomic E-state index is 0.0190. The van der Waals surface area contributed by atoms with Gasteiger partial charge < -0.3 is 15.8 Å². The summed E-state index contributed by atoms with van der Waals surface area (Å²) >= 11 is 0. The zero-order valence-corrected chi connectivity index (χ0v) is 11.7. The predicted octanol–water partition coefficient (Wildman–Crippen LogP) is 2.08. The smallest absolute Gasteiger partial charge is 0.258 e. The molecule has 2 rings (SSSR count). The number of carbonyl (C=O) groups is 1. The fraction of sp³-hybridized carbons (Fsp3) is 0.533. The van der Waals surface area contributed by atoms with Crippen molar-refractivity contribution < 1.29 is 13.9 Å². The summed E-state index contributed by atoms with van der Waals surface area (Å²) in [5.74, 6) is -0.472. The van der Waals surface area contributed by atoms with E-state index in [2.05, 4.69) is 5.32 Å². The van der Waals surface area contributed by atoms with Crippen LogP contribution in [0.1, 0.15) is 36.0 Å². The molecule has 2 unspecified atom stereocenters. The van der Waals surface area contributed by atoms with Gasteiger partial charge in [-0.1, -0.05) is 18.9 Å². The zero-order chi connectivity index (χ0) is 14.5. The molecule has 1 aliphatic rings. The Bertz CT molecular complexity index is 479. The number of amides is 1. The van der Waals surface area contributed by atoms with Gasteiger partial charge in [-0.25, -0.2) is 4.39 Å². The third kappa shape index (κ3) is 3.10. The maximum Gasteiger partial charge on any atom is 0.258 e. The number of methoxy groups -OCH3 is 1. The molecule has 20 heavy (non-hydrogen) atoms. The lowest BCUT2D eigenvalue weighted by molar-refractivity contribution is 0.0900.